The van der Waals surface area contributed by atoms with Crippen molar-refractivity contribution in [3.8, 4) is 0 Å². The van der Waals surface area contributed by atoms with Gasteiger partial charge in [-0.3, -0.25) is 4.68 Å². The zero-order valence-electron chi connectivity index (χ0n) is 11.7. The molecule has 1 aliphatic heterocycles. The Kier molecular flexibility index (Phi) is 5.93. The largest absolute Gasteiger partial charge is 0.308 e. The van der Waals surface area contributed by atoms with Gasteiger partial charge in [-0.1, -0.05) is 25.4 Å². The Labute approximate surface area is 129 Å². The zero-order valence-corrected chi connectivity index (χ0v) is 14.1. The van der Waals surface area contributed by atoms with Gasteiger partial charge in [0.25, 0.3) is 0 Å². The number of nitrogens with one attached hydrogen (secondary N) is 1. The Balaban J connectivity index is 2.28. The highest BCUT2D eigenvalue weighted by molar-refractivity contribution is 8.07. The SMILES string of the molecule is CCNC(c1c(Cl)cnn1C)C1SCCSC1CC. The molecule has 6 heteroatoms. The van der Waals surface area contributed by atoms with Gasteiger partial charge in [-0.25, -0.2) is 0 Å². The molecule has 3 unspecified atom stereocenters. The average Bonchev–Trinajstić information content (AvgIpc) is 2.76. The first-order valence-electron chi connectivity index (χ1n) is 6.83. The second-order valence-corrected chi connectivity index (χ2v) is 7.73. The summed E-state index contributed by atoms with van der Waals surface area (Å²) in [7, 11) is 1.98. The van der Waals surface area contributed by atoms with E-state index in [1.54, 1.807) is 6.20 Å². The summed E-state index contributed by atoms with van der Waals surface area (Å²) in [6.07, 6.45) is 2.96. The van der Waals surface area contributed by atoms with Gasteiger partial charge in [0.15, 0.2) is 0 Å². The molecule has 3 atom stereocenters. The third-order valence-corrected chi connectivity index (χ3v) is 7.12. The fourth-order valence-corrected chi connectivity index (χ4v) is 6.11. The van der Waals surface area contributed by atoms with Crippen molar-refractivity contribution in [1.82, 2.24) is 15.1 Å². The van der Waals surface area contributed by atoms with Gasteiger partial charge < -0.3 is 5.32 Å². The lowest BCUT2D eigenvalue weighted by molar-refractivity contribution is 0.480. The Morgan fingerprint density at radius 3 is 2.79 bits per heavy atom. The maximum Gasteiger partial charge on any atom is 0.0834 e. The summed E-state index contributed by atoms with van der Waals surface area (Å²) < 4.78 is 1.92. The van der Waals surface area contributed by atoms with E-state index in [9.17, 15) is 0 Å². The predicted molar refractivity (Wildman–Crippen MR) is 87.4 cm³/mol. The molecule has 1 aliphatic rings. The first-order valence-corrected chi connectivity index (χ1v) is 9.30. The van der Waals surface area contributed by atoms with Crippen molar-refractivity contribution in [2.45, 2.75) is 36.8 Å². The predicted octanol–water partition coefficient (Wildman–Crippen LogP) is 3.35. The molecule has 0 saturated carbocycles. The number of rotatable bonds is 5. The van der Waals surface area contributed by atoms with Crippen molar-refractivity contribution in [2.24, 2.45) is 7.05 Å². The summed E-state index contributed by atoms with van der Waals surface area (Å²) in [6.45, 7) is 5.38. The molecule has 19 heavy (non-hydrogen) atoms. The standard InChI is InChI=1S/C13H22ClN3S2/c1-4-10-13(19-7-6-18-10)11(15-5-2)12-9(14)8-16-17(12)3/h8,10-11,13,15H,4-7H2,1-3H3. The quantitative estimate of drug-likeness (QED) is 0.901. The molecule has 2 heterocycles. The van der Waals surface area contributed by atoms with E-state index in [1.807, 2.05) is 11.7 Å². The van der Waals surface area contributed by atoms with Crippen LogP contribution in [0.5, 0.6) is 0 Å². The highest BCUT2D eigenvalue weighted by atomic mass is 35.5. The van der Waals surface area contributed by atoms with Crippen molar-refractivity contribution in [1.29, 1.82) is 0 Å². The van der Waals surface area contributed by atoms with Crippen LogP contribution in [0.2, 0.25) is 5.02 Å². The van der Waals surface area contributed by atoms with E-state index in [1.165, 1.54) is 17.9 Å². The van der Waals surface area contributed by atoms with E-state index in [4.69, 9.17) is 11.6 Å². The minimum Gasteiger partial charge on any atom is -0.308 e. The molecule has 1 fully saturated rings. The van der Waals surface area contributed by atoms with Crippen LogP contribution in [-0.2, 0) is 7.05 Å². The lowest BCUT2D eigenvalue weighted by atomic mass is 10.1. The summed E-state index contributed by atoms with van der Waals surface area (Å²) in [5, 5.41) is 9.95. The van der Waals surface area contributed by atoms with Crippen LogP contribution in [0, 0.1) is 0 Å². The van der Waals surface area contributed by atoms with Gasteiger partial charge in [0.2, 0.25) is 0 Å². The van der Waals surface area contributed by atoms with Crippen molar-refractivity contribution in [2.75, 3.05) is 18.1 Å². The summed E-state index contributed by atoms with van der Waals surface area (Å²) in [5.41, 5.74) is 1.13. The van der Waals surface area contributed by atoms with Crippen molar-refractivity contribution in [3.05, 3.63) is 16.9 Å². The van der Waals surface area contributed by atoms with E-state index in [0.717, 1.165) is 17.3 Å². The molecule has 1 saturated heterocycles. The topological polar surface area (TPSA) is 29.9 Å². The van der Waals surface area contributed by atoms with E-state index in [0.29, 0.717) is 10.5 Å². The van der Waals surface area contributed by atoms with Crippen molar-refractivity contribution < 1.29 is 0 Å². The lowest BCUT2D eigenvalue weighted by Gasteiger charge is -2.36. The molecule has 0 aromatic carbocycles. The van der Waals surface area contributed by atoms with Crippen LogP contribution in [-0.4, -0.2) is 38.3 Å². The molecule has 108 valence electrons. The molecule has 1 aromatic heterocycles. The lowest BCUT2D eigenvalue weighted by Crippen LogP contribution is -2.39. The monoisotopic (exact) mass is 319 g/mol. The first-order chi connectivity index (χ1) is 9.19. The Hall–Kier alpha value is 0.160. The number of hydrogen-bond donors (Lipinski definition) is 1. The number of aryl methyl sites for hydroxylation is 1. The maximum absolute atomic E-state index is 6.35. The minimum absolute atomic E-state index is 0.285. The van der Waals surface area contributed by atoms with Gasteiger partial charge in [0, 0.05) is 29.1 Å². The fourth-order valence-electron chi connectivity index (χ4n) is 2.61. The molecule has 1 aromatic rings. The fraction of sp³-hybridized carbons (Fsp3) is 0.769. The second-order valence-electron chi connectivity index (χ2n) is 4.69. The molecule has 1 N–H and O–H groups in total. The van der Waals surface area contributed by atoms with E-state index in [2.05, 4.69) is 47.8 Å². The number of halogens is 1. The van der Waals surface area contributed by atoms with Crippen LogP contribution >= 0.6 is 35.1 Å². The molecule has 3 nitrogen and oxygen atoms in total. The average molecular weight is 320 g/mol. The minimum atomic E-state index is 0.285. The van der Waals surface area contributed by atoms with Gasteiger partial charge in [0.1, 0.15) is 0 Å². The second kappa shape index (κ2) is 7.25. The smallest absolute Gasteiger partial charge is 0.0834 e. The summed E-state index contributed by atoms with van der Waals surface area (Å²) in [6, 6.07) is 0.285. The number of aromatic nitrogens is 2. The van der Waals surface area contributed by atoms with E-state index in [-0.39, 0.29) is 6.04 Å². The molecule has 0 bridgehead atoms. The Morgan fingerprint density at radius 2 is 2.21 bits per heavy atom. The first kappa shape index (κ1) is 15.5. The highest BCUT2D eigenvalue weighted by Gasteiger charge is 2.35. The van der Waals surface area contributed by atoms with E-state index < -0.39 is 0 Å². The molecular formula is C13H22ClN3S2. The van der Waals surface area contributed by atoms with Crippen LogP contribution < -0.4 is 5.32 Å². The van der Waals surface area contributed by atoms with Crippen LogP contribution in [0.25, 0.3) is 0 Å². The summed E-state index contributed by atoms with van der Waals surface area (Å²) in [5.74, 6) is 2.49. The molecule has 0 aliphatic carbocycles. The van der Waals surface area contributed by atoms with Crippen molar-refractivity contribution >= 4 is 35.1 Å². The van der Waals surface area contributed by atoms with Crippen LogP contribution in [0.3, 0.4) is 0 Å². The van der Waals surface area contributed by atoms with Gasteiger partial charge in [-0.2, -0.15) is 28.6 Å². The Bertz CT molecular complexity index is 391. The summed E-state index contributed by atoms with van der Waals surface area (Å²) in [4.78, 5) is 0. The van der Waals surface area contributed by atoms with E-state index >= 15 is 0 Å². The van der Waals surface area contributed by atoms with Gasteiger partial charge in [-0.15, -0.1) is 0 Å². The molecule has 0 amide bonds. The van der Waals surface area contributed by atoms with Crippen LogP contribution in [0.4, 0.5) is 0 Å². The van der Waals surface area contributed by atoms with Gasteiger partial charge in [0.05, 0.1) is 23.0 Å². The molecule has 0 radical (unpaired) electrons. The maximum atomic E-state index is 6.35. The number of hydrogen-bond acceptors (Lipinski definition) is 4. The summed E-state index contributed by atoms with van der Waals surface area (Å²) >= 11 is 10.5. The normalized spacial score (nSPS) is 25.5. The zero-order chi connectivity index (χ0) is 13.8. The van der Waals surface area contributed by atoms with Crippen LogP contribution in [0.1, 0.15) is 32.0 Å². The third-order valence-electron chi connectivity index (χ3n) is 3.48. The molecule has 2 rings (SSSR count). The number of nitrogens with zero attached hydrogens (tertiary/aromatic N) is 2. The molecule has 0 spiro atoms. The third kappa shape index (κ3) is 3.43. The van der Waals surface area contributed by atoms with Gasteiger partial charge >= 0.3 is 0 Å². The Morgan fingerprint density at radius 1 is 1.47 bits per heavy atom. The molecular weight excluding hydrogens is 298 g/mol. The van der Waals surface area contributed by atoms with Gasteiger partial charge in [-0.05, 0) is 13.0 Å². The van der Waals surface area contributed by atoms with Crippen LogP contribution in [0.15, 0.2) is 6.20 Å². The number of thioether (sulfide) groups is 2. The van der Waals surface area contributed by atoms with Crippen molar-refractivity contribution in [3.63, 3.8) is 0 Å². The highest BCUT2D eigenvalue weighted by Crippen LogP contribution is 2.41.